The zero-order chi connectivity index (χ0) is 12.6. The van der Waals surface area contributed by atoms with Gasteiger partial charge in [-0.05, 0) is 12.3 Å². The maximum absolute atomic E-state index is 11.9. The van der Waals surface area contributed by atoms with Crippen molar-refractivity contribution in [1.29, 1.82) is 0 Å². The molecule has 98 valence electrons. The largest absolute Gasteiger partial charge is 0.383 e. The van der Waals surface area contributed by atoms with E-state index in [1.807, 2.05) is 13.8 Å². The monoisotopic (exact) mass is 271 g/mol. The standard InChI is InChI=1S/C10H22ClNO3S/c1-10(2)4-9-16(13,14)12(6-5-11)7-8-15-3/h10H,4-9H2,1-3H3. The van der Waals surface area contributed by atoms with E-state index in [-0.39, 0.29) is 5.75 Å². The molecule has 0 bridgehead atoms. The van der Waals surface area contributed by atoms with Gasteiger partial charge in [-0.3, -0.25) is 0 Å². The van der Waals surface area contributed by atoms with Crippen molar-refractivity contribution in [2.24, 2.45) is 5.92 Å². The predicted octanol–water partition coefficient (Wildman–Crippen LogP) is 1.55. The molecular formula is C10H22ClNO3S. The summed E-state index contributed by atoms with van der Waals surface area (Å²) >= 11 is 5.60. The van der Waals surface area contributed by atoms with Crippen molar-refractivity contribution in [1.82, 2.24) is 4.31 Å². The Balaban J connectivity index is 4.37. The van der Waals surface area contributed by atoms with Crippen molar-refractivity contribution < 1.29 is 13.2 Å². The van der Waals surface area contributed by atoms with E-state index in [0.717, 1.165) is 0 Å². The average Bonchev–Trinajstić information content (AvgIpc) is 2.21. The average molecular weight is 272 g/mol. The Labute approximate surface area is 104 Å². The maximum atomic E-state index is 11.9. The molecule has 0 aliphatic carbocycles. The lowest BCUT2D eigenvalue weighted by Crippen LogP contribution is -2.37. The number of hydrogen-bond donors (Lipinski definition) is 0. The zero-order valence-corrected chi connectivity index (χ0v) is 11.9. The number of nitrogens with zero attached hydrogens (tertiary/aromatic N) is 1. The molecule has 0 N–H and O–H groups in total. The van der Waals surface area contributed by atoms with Crippen LogP contribution in [0, 0.1) is 5.92 Å². The summed E-state index contributed by atoms with van der Waals surface area (Å²) in [5.74, 6) is 0.880. The van der Waals surface area contributed by atoms with Gasteiger partial charge in [0.15, 0.2) is 0 Å². The molecule has 0 saturated carbocycles. The number of ether oxygens (including phenoxy) is 1. The van der Waals surface area contributed by atoms with Crippen LogP contribution in [0.5, 0.6) is 0 Å². The highest BCUT2D eigenvalue weighted by atomic mass is 35.5. The fraction of sp³-hybridized carbons (Fsp3) is 1.00. The quantitative estimate of drug-likeness (QED) is 0.598. The van der Waals surface area contributed by atoms with E-state index in [4.69, 9.17) is 16.3 Å². The lowest BCUT2D eigenvalue weighted by atomic mass is 10.2. The van der Waals surface area contributed by atoms with Crippen LogP contribution in [0.1, 0.15) is 20.3 Å². The van der Waals surface area contributed by atoms with Gasteiger partial charge in [0.1, 0.15) is 0 Å². The van der Waals surface area contributed by atoms with E-state index < -0.39 is 10.0 Å². The van der Waals surface area contributed by atoms with Gasteiger partial charge in [-0.1, -0.05) is 13.8 Å². The van der Waals surface area contributed by atoms with Gasteiger partial charge in [0.05, 0.1) is 12.4 Å². The Kier molecular flexibility index (Phi) is 8.36. The number of halogens is 1. The van der Waals surface area contributed by atoms with Gasteiger partial charge in [0, 0.05) is 26.1 Å². The zero-order valence-electron chi connectivity index (χ0n) is 10.3. The second-order valence-corrected chi connectivity index (χ2v) is 6.55. The molecule has 0 aromatic heterocycles. The van der Waals surface area contributed by atoms with E-state index in [1.165, 1.54) is 4.31 Å². The lowest BCUT2D eigenvalue weighted by Gasteiger charge is -2.21. The molecule has 16 heavy (non-hydrogen) atoms. The Bertz CT molecular complexity index is 267. The van der Waals surface area contributed by atoms with Crippen molar-refractivity contribution in [2.75, 3.05) is 38.4 Å². The highest BCUT2D eigenvalue weighted by molar-refractivity contribution is 7.89. The summed E-state index contributed by atoms with van der Waals surface area (Å²) in [5, 5.41) is 0. The van der Waals surface area contributed by atoms with Gasteiger partial charge in [-0.2, -0.15) is 4.31 Å². The smallest absolute Gasteiger partial charge is 0.214 e. The van der Waals surface area contributed by atoms with E-state index in [9.17, 15) is 8.42 Å². The summed E-state index contributed by atoms with van der Waals surface area (Å²) in [5.41, 5.74) is 0. The highest BCUT2D eigenvalue weighted by Gasteiger charge is 2.21. The summed E-state index contributed by atoms with van der Waals surface area (Å²) in [6.45, 7) is 5.15. The molecule has 0 aliphatic heterocycles. The lowest BCUT2D eigenvalue weighted by molar-refractivity contribution is 0.180. The number of methoxy groups -OCH3 is 1. The molecule has 0 radical (unpaired) electrons. The molecule has 0 fully saturated rings. The fourth-order valence-electron chi connectivity index (χ4n) is 1.19. The van der Waals surface area contributed by atoms with Gasteiger partial charge < -0.3 is 4.74 Å². The Hall–Kier alpha value is 0.160. The third kappa shape index (κ3) is 6.68. The minimum absolute atomic E-state index is 0.186. The van der Waals surface area contributed by atoms with Crippen LogP contribution in [0.2, 0.25) is 0 Å². The molecule has 4 nitrogen and oxygen atoms in total. The van der Waals surface area contributed by atoms with Crippen molar-refractivity contribution in [3.05, 3.63) is 0 Å². The number of alkyl halides is 1. The van der Waals surface area contributed by atoms with Gasteiger partial charge in [0.2, 0.25) is 10.0 Å². The Morgan fingerprint density at radius 2 is 1.94 bits per heavy atom. The minimum Gasteiger partial charge on any atom is -0.383 e. The third-order valence-electron chi connectivity index (χ3n) is 2.23. The summed E-state index contributed by atoms with van der Waals surface area (Å²) in [6.07, 6.45) is 0.675. The van der Waals surface area contributed by atoms with Crippen molar-refractivity contribution in [3.63, 3.8) is 0 Å². The van der Waals surface area contributed by atoms with Crippen molar-refractivity contribution in [2.45, 2.75) is 20.3 Å². The normalized spacial score (nSPS) is 12.6. The molecule has 0 aromatic rings. The van der Waals surface area contributed by atoms with Crippen LogP contribution in [0.3, 0.4) is 0 Å². The Morgan fingerprint density at radius 3 is 2.38 bits per heavy atom. The van der Waals surface area contributed by atoms with Crippen molar-refractivity contribution in [3.8, 4) is 0 Å². The van der Waals surface area contributed by atoms with Crippen LogP contribution in [-0.2, 0) is 14.8 Å². The van der Waals surface area contributed by atoms with Crippen LogP contribution in [0.4, 0.5) is 0 Å². The topological polar surface area (TPSA) is 46.6 Å². The van der Waals surface area contributed by atoms with Crippen LogP contribution in [0.15, 0.2) is 0 Å². The summed E-state index contributed by atoms with van der Waals surface area (Å²) in [6, 6.07) is 0. The van der Waals surface area contributed by atoms with Gasteiger partial charge >= 0.3 is 0 Å². The molecule has 0 rings (SSSR count). The minimum atomic E-state index is -3.18. The molecule has 0 heterocycles. The van der Waals surface area contributed by atoms with E-state index in [1.54, 1.807) is 7.11 Å². The Morgan fingerprint density at radius 1 is 1.31 bits per heavy atom. The first-order chi connectivity index (χ1) is 7.44. The molecule has 0 amide bonds. The van der Waals surface area contributed by atoms with E-state index >= 15 is 0 Å². The first kappa shape index (κ1) is 16.2. The molecule has 0 aromatic carbocycles. The molecule has 6 heteroatoms. The first-order valence-corrected chi connectivity index (χ1v) is 7.61. The third-order valence-corrected chi connectivity index (χ3v) is 4.30. The second-order valence-electron chi connectivity index (χ2n) is 4.08. The summed E-state index contributed by atoms with van der Waals surface area (Å²) in [4.78, 5) is 0. The van der Waals surface area contributed by atoms with Crippen LogP contribution < -0.4 is 0 Å². The van der Waals surface area contributed by atoms with E-state index in [2.05, 4.69) is 0 Å². The van der Waals surface area contributed by atoms with Crippen LogP contribution in [-0.4, -0.2) is 51.2 Å². The molecule has 0 aliphatic rings. The SMILES string of the molecule is COCCN(CCCl)S(=O)(=O)CCC(C)C. The fourth-order valence-corrected chi connectivity index (χ4v) is 3.24. The number of sulfonamides is 1. The molecule has 0 saturated heterocycles. The van der Waals surface area contributed by atoms with Crippen LogP contribution >= 0.6 is 11.6 Å². The number of hydrogen-bond acceptors (Lipinski definition) is 3. The molecule has 0 atom stereocenters. The summed E-state index contributed by atoms with van der Waals surface area (Å²) in [7, 11) is -1.63. The maximum Gasteiger partial charge on any atom is 0.214 e. The summed E-state index contributed by atoms with van der Waals surface area (Å²) < 4.78 is 30.2. The molecular weight excluding hydrogens is 250 g/mol. The van der Waals surface area contributed by atoms with Gasteiger partial charge in [0.25, 0.3) is 0 Å². The van der Waals surface area contributed by atoms with E-state index in [0.29, 0.717) is 37.9 Å². The molecule has 0 spiro atoms. The first-order valence-electron chi connectivity index (χ1n) is 5.46. The molecule has 0 unspecified atom stereocenters. The number of rotatable bonds is 9. The van der Waals surface area contributed by atoms with Crippen molar-refractivity contribution >= 4 is 21.6 Å². The second kappa shape index (κ2) is 8.28. The predicted molar refractivity (Wildman–Crippen MR) is 67.4 cm³/mol. The van der Waals surface area contributed by atoms with Gasteiger partial charge in [-0.25, -0.2) is 8.42 Å². The van der Waals surface area contributed by atoms with Crippen LogP contribution in [0.25, 0.3) is 0 Å². The van der Waals surface area contributed by atoms with Gasteiger partial charge in [-0.15, -0.1) is 11.6 Å². The highest BCUT2D eigenvalue weighted by Crippen LogP contribution is 2.08.